The van der Waals surface area contributed by atoms with Gasteiger partial charge in [-0.2, -0.15) is 0 Å². The van der Waals surface area contributed by atoms with Gasteiger partial charge in [0.05, 0.1) is 32.8 Å². The van der Waals surface area contributed by atoms with Crippen LogP contribution in [0.1, 0.15) is 23.6 Å². The van der Waals surface area contributed by atoms with Crippen LogP contribution in [0.3, 0.4) is 0 Å². The number of benzene rings is 1. The quantitative estimate of drug-likeness (QED) is 0.792. The Bertz CT molecular complexity index is 560. The van der Waals surface area contributed by atoms with Gasteiger partial charge in [-0.25, -0.2) is 4.79 Å². The van der Waals surface area contributed by atoms with Crippen LogP contribution in [0.25, 0.3) is 0 Å². The molecule has 0 aliphatic carbocycles. The summed E-state index contributed by atoms with van der Waals surface area (Å²) in [5.41, 5.74) is 3.41. The maximum Gasteiger partial charge on any atom is 0.410 e. The van der Waals surface area contributed by atoms with Crippen LogP contribution in [-0.2, 0) is 4.74 Å². The summed E-state index contributed by atoms with van der Waals surface area (Å²) in [5.74, 6) is 0.867. The zero-order valence-corrected chi connectivity index (χ0v) is 15.8. The Kier molecular flexibility index (Phi) is 7.08. The molecule has 2 N–H and O–H groups in total. The van der Waals surface area contributed by atoms with E-state index in [1.165, 1.54) is 10.5 Å². The molecule has 1 aliphatic heterocycles. The van der Waals surface area contributed by atoms with Crippen molar-refractivity contribution in [1.29, 1.82) is 0 Å². The van der Waals surface area contributed by atoms with E-state index in [1.54, 1.807) is 4.90 Å². The molecule has 1 atom stereocenters. The van der Waals surface area contributed by atoms with Crippen molar-refractivity contribution in [3.8, 4) is 5.75 Å². The van der Waals surface area contributed by atoms with Gasteiger partial charge >= 0.3 is 6.09 Å². The van der Waals surface area contributed by atoms with E-state index in [-0.39, 0.29) is 12.7 Å². The summed E-state index contributed by atoms with van der Waals surface area (Å²) in [7, 11) is 0. The van der Waals surface area contributed by atoms with Gasteiger partial charge in [0.25, 0.3) is 0 Å². The molecular formula is C19H31N2O4+. The van der Waals surface area contributed by atoms with Gasteiger partial charge in [0.1, 0.15) is 25.0 Å². The van der Waals surface area contributed by atoms with E-state index >= 15 is 0 Å². The molecule has 1 aromatic rings. The number of aliphatic hydroxyl groups excluding tert-OH is 1. The summed E-state index contributed by atoms with van der Waals surface area (Å²) in [6.45, 7) is 12.2. The Morgan fingerprint density at radius 2 is 1.84 bits per heavy atom. The summed E-state index contributed by atoms with van der Waals surface area (Å²) in [6, 6.07) is 4.18. The third-order valence-electron chi connectivity index (χ3n) is 4.55. The van der Waals surface area contributed by atoms with Crippen molar-refractivity contribution in [3.63, 3.8) is 0 Å². The summed E-state index contributed by atoms with van der Waals surface area (Å²) in [4.78, 5) is 14.7. The molecule has 2 rings (SSSR count). The van der Waals surface area contributed by atoms with Crippen LogP contribution in [0.4, 0.5) is 4.79 Å². The normalized spacial score (nSPS) is 16.6. The highest BCUT2D eigenvalue weighted by Gasteiger charge is 2.26. The summed E-state index contributed by atoms with van der Waals surface area (Å²) >= 11 is 0. The number of hydrogen-bond donors (Lipinski definition) is 2. The first-order chi connectivity index (χ1) is 11.9. The predicted octanol–water partition coefficient (Wildman–Crippen LogP) is 0.709. The van der Waals surface area contributed by atoms with E-state index in [9.17, 15) is 9.90 Å². The maximum absolute atomic E-state index is 11.7. The van der Waals surface area contributed by atoms with Crippen LogP contribution in [-0.4, -0.2) is 68.1 Å². The first-order valence-corrected chi connectivity index (χ1v) is 9.04. The van der Waals surface area contributed by atoms with Gasteiger partial charge in [0.2, 0.25) is 0 Å². The van der Waals surface area contributed by atoms with Gasteiger partial charge in [-0.05, 0) is 38.8 Å². The number of rotatable bonds is 6. The van der Waals surface area contributed by atoms with Crippen LogP contribution < -0.4 is 9.64 Å². The second kappa shape index (κ2) is 9.06. The fraction of sp³-hybridized carbons (Fsp3) is 0.632. The molecule has 0 saturated carbocycles. The molecule has 6 heteroatoms. The minimum Gasteiger partial charge on any atom is -0.490 e. The number of nitrogens with one attached hydrogen (secondary N) is 1. The minimum absolute atomic E-state index is 0.240. The molecule has 1 aromatic carbocycles. The van der Waals surface area contributed by atoms with E-state index in [2.05, 4.69) is 19.1 Å². The summed E-state index contributed by atoms with van der Waals surface area (Å²) in [5, 5.41) is 10.3. The molecule has 0 unspecified atom stereocenters. The molecule has 1 heterocycles. The zero-order chi connectivity index (χ0) is 18.4. The van der Waals surface area contributed by atoms with Crippen molar-refractivity contribution in [3.05, 3.63) is 28.8 Å². The van der Waals surface area contributed by atoms with E-state index in [0.29, 0.717) is 26.2 Å². The lowest BCUT2D eigenvalue weighted by molar-refractivity contribution is -0.907. The van der Waals surface area contributed by atoms with Crippen molar-refractivity contribution < 1.29 is 24.3 Å². The van der Waals surface area contributed by atoms with Crippen LogP contribution >= 0.6 is 0 Å². The van der Waals surface area contributed by atoms with Crippen LogP contribution in [0.2, 0.25) is 0 Å². The van der Waals surface area contributed by atoms with Crippen LogP contribution in [0, 0.1) is 20.8 Å². The van der Waals surface area contributed by atoms with Crippen molar-refractivity contribution in [1.82, 2.24) is 4.90 Å². The number of nitrogens with zero attached hydrogens (tertiary/aromatic N) is 1. The molecule has 0 radical (unpaired) electrons. The second-order valence-corrected chi connectivity index (χ2v) is 6.83. The smallest absolute Gasteiger partial charge is 0.410 e. The molecule has 0 aromatic heterocycles. The molecule has 140 valence electrons. The largest absolute Gasteiger partial charge is 0.490 e. The number of hydrogen-bond acceptors (Lipinski definition) is 4. The number of carbonyl (C=O) groups excluding carboxylic acids is 1. The van der Waals surface area contributed by atoms with Crippen molar-refractivity contribution in [2.45, 2.75) is 33.8 Å². The monoisotopic (exact) mass is 351 g/mol. The van der Waals surface area contributed by atoms with Crippen LogP contribution in [0.15, 0.2) is 12.1 Å². The number of amides is 1. The Balaban J connectivity index is 1.76. The maximum atomic E-state index is 11.7. The molecule has 25 heavy (non-hydrogen) atoms. The molecule has 0 bridgehead atoms. The van der Waals surface area contributed by atoms with Gasteiger partial charge in [0, 0.05) is 0 Å². The number of aryl methyl sites for hydroxylation is 3. The van der Waals surface area contributed by atoms with E-state index in [4.69, 9.17) is 9.47 Å². The first-order valence-electron chi connectivity index (χ1n) is 9.04. The SMILES string of the molecule is CCOC(=O)N1CC[NH+](C[C@@H](O)COc2c(C)cc(C)cc2C)CC1. The molecule has 6 nitrogen and oxygen atoms in total. The number of piperazine rings is 1. The van der Waals surface area contributed by atoms with Crippen LogP contribution in [0.5, 0.6) is 5.75 Å². The number of aliphatic hydroxyl groups is 1. The average Bonchev–Trinajstić information content (AvgIpc) is 2.54. The van der Waals surface area contributed by atoms with Gasteiger partial charge < -0.3 is 19.5 Å². The Hall–Kier alpha value is -1.79. The fourth-order valence-corrected chi connectivity index (χ4v) is 3.39. The number of carbonyl (C=O) groups is 1. The number of ether oxygens (including phenoxy) is 2. The topological polar surface area (TPSA) is 63.4 Å². The highest BCUT2D eigenvalue weighted by atomic mass is 16.6. The third-order valence-corrected chi connectivity index (χ3v) is 4.55. The van der Waals surface area contributed by atoms with Gasteiger partial charge in [-0.1, -0.05) is 17.7 Å². The molecular weight excluding hydrogens is 320 g/mol. The molecule has 1 amide bonds. The summed E-state index contributed by atoms with van der Waals surface area (Å²) in [6.07, 6.45) is -0.764. The Morgan fingerprint density at radius 3 is 2.40 bits per heavy atom. The first kappa shape index (κ1) is 19.5. The van der Waals surface area contributed by atoms with E-state index in [1.807, 2.05) is 20.8 Å². The third kappa shape index (κ3) is 5.61. The van der Waals surface area contributed by atoms with Crippen molar-refractivity contribution in [2.75, 3.05) is 45.9 Å². The van der Waals surface area contributed by atoms with E-state index < -0.39 is 6.10 Å². The Labute approximate surface area is 150 Å². The highest BCUT2D eigenvalue weighted by Crippen LogP contribution is 2.24. The predicted molar refractivity (Wildman–Crippen MR) is 96.3 cm³/mol. The molecule has 1 fully saturated rings. The lowest BCUT2D eigenvalue weighted by atomic mass is 10.1. The standard InChI is InChI=1S/C19H30N2O4/c1-5-24-19(23)21-8-6-20(7-9-21)12-17(22)13-25-18-15(3)10-14(2)11-16(18)4/h10-11,17,22H,5-9,12-13H2,1-4H3/p+1/t17-/m1/s1. The molecule has 0 spiro atoms. The highest BCUT2D eigenvalue weighted by molar-refractivity contribution is 5.67. The lowest BCUT2D eigenvalue weighted by Gasteiger charge is -2.32. The van der Waals surface area contributed by atoms with Gasteiger partial charge in [0.15, 0.2) is 0 Å². The van der Waals surface area contributed by atoms with Crippen molar-refractivity contribution >= 4 is 6.09 Å². The van der Waals surface area contributed by atoms with Gasteiger partial charge in [-0.15, -0.1) is 0 Å². The van der Waals surface area contributed by atoms with E-state index in [0.717, 1.165) is 30.0 Å². The second-order valence-electron chi connectivity index (χ2n) is 6.83. The average molecular weight is 351 g/mol. The molecule has 1 saturated heterocycles. The Morgan fingerprint density at radius 1 is 1.24 bits per heavy atom. The number of quaternary nitrogens is 1. The fourth-order valence-electron chi connectivity index (χ4n) is 3.39. The minimum atomic E-state index is -0.524. The molecule has 1 aliphatic rings. The van der Waals surface area contributed by atoms with Gasteiger partial charge in [-0.3, -0.25) is 4.90 Å². The lowest BCUT2D eigenvalue weighted by Crippen LogP contribution is -3.16. The zero-order valence-electron chi connectivity index (χ0n) is 15.8. The van der Waals surface area contributed by atoms with Crippen molar-refractivity contribution in [2.24, 2.45) is 0 Å². The summed E-state index contributed by atoms with van der Waals surface area (Å²) < 4.78 is 10.9.